The molecule has 6 nitrogen and oxygen atoms in total. The predicted molar refractivity (Wildman–Crippen MR) is 108 cm³/mol. The van der Waals surface area contributed by atoms with Gasteiger partial charge in [-0.05, 0) is 49.4 Å². The minimum absolute atomic E-state index is 0.0152. The smallest absolute Gasteiger partial charge is 0.253 e. The summed E-state index contributed by atoms with van der Waals surface area (Å²) in [6, 6.07) is 8.39. The molecule has 0 aliphatic carbocycles. The molecule has 0 spiro atoms. The van der Waals surface area contributed by atoms with E-state index in [1.54, 1.807) is 4.57 Å². The number of aryl methyl sites for hydroxylation is 2. The molecule has 6 heteroatoms. The first-order chi connectivity index (χ1) is 13.1. The van der Waals surface area contributed by atoms with Crippen molar-refractivity contribution < 1.29 is 4.74 Å². The van der Waals surface area contributed by atoms with E-state index in [4.69, 9.17) is 10.5 Å². The van der Waals surface area contributed by atoms with E-state index in [-0.39, 0.29) is 11.7 Å². The van der Waals surface area contributed by atoms with Gasteiger partial charge in [0.1, 0.15) is 6.17 Å². The van der Waals surface area contributed by atoms with Gasteiger partial charge in [-0.25, -0.2) is 0 Å². The standard InChI is InChI=1S/C21H28N4O2/c1-14-9-17(13-24(2)21(14)26)20-23-18-4-3-16(11-22)10-19(18)25(20)12-15-5-7-27-8-6-15/h3-4,9-10,13,15,20,23H,5-8,11-12,22H2,1-2H3. The Morgan fingerprint density at radius 3 is 2.74 bits per heavy atom. The van der Waals surface area contributed by atoms with Gasteiger partial charge in [-0.15, -0.1) is 0 Å². The number of nitrogens with two attached hydrogens (primary N) is 1. The number of anilines is 2. The zero-order chi connectivity index (χ0) is 19.0. The zero-order valence-electron chi connectivity index (χ0n) is 16.1. The van der Waals surface area contributed by atoms with Crippen LogP contribution in [0, 0.1) is 12.8 Å². The van der Waals surface area contributed by atoms with Crippen LogP contribution in [0.4, 0.5) is 11.4 Å². The summed E-state index contributed by atoms with van der Waals surface area (Å²) >= 11 is 0. The Hall–Kier alpha value is -2.31. The number of nitrogens with zero attached hydrogens (tertiary/aromatic N) is 2. The highest BCUT2D eigenvalue weighted by molar-refractivity contribution is 5.77. The fourth-order valence-electron chi connectivity index (χ4n) is 4.16. The molecule has 3 heterocycles. The molecular formula is C21H28N4O2. The van der Waals surface area contributed by atoms with Crippen molar-refractivity contribution in [1.29, 1.82) is 0 Å². The van der Waals surface area contributed by atoms with E-state index in [0.29, 0.717) is 12.5 Å². The van der Waals surface area contributed by atoms with Crippen LogP contribution in [0.5, 0.6) is 0 Å². The van der Waals surface area contributed by atoms with Gasteiger partial charge >= 0.3 is 0 Å². The van der Waals surface area contributed by atoms with E-state index in [1.807, 2.05) is 26.2 Å². The highest BCUT2D eigenvalue weighted by atomic mass is 16.5. The summed E-state index contributed by atoms with van der Waals surface area (Å²) in [5.74, 6) is 0.601. The normalized spacial score (nSPS) is 19.8. The van der Waals surface area contributed by atoms with Crippen molar-refractivity contribution in [3.05, 3.63) is 57.5 Å². The minimum atomic E-state index is 0.0152. The van der Waals surface area contributed by atoms with E-state index in [0.717, 1.165) is 55.0 Å². The van der Waals surface area contributed by atoms with Gasteiger partial charge in [0.2, 0.25) is 0 Å². The maximum Gasteiger partial charge on any atom is 0.253 e. The summed E-state index contributed by atoms with van der Waals surface area (Å²) in [6.45, 7) is 5.05. The number of hydrogen-bond acceptors (Lipinski definition) is 5. The van der Waals surface area contributed by atoms with Crippen molar-refractivity contribution in [3.63, 3.8) is 0 Å². The number of aromatic nitrogens is 1. The molecule has 2 aliphatic heterocycles. The monoisotopic (exact) mass is 368 g/mol. The number of nitrogens with one attached hydrogen (secondary N) is 1. The molecule has 0 amide bonds. The highest BCUT2D eigenvalue weighted by Gasteiger charge is 2.32. The molecule has 0 saturated carbocycles. The van der Waals surface area contributed by atoms with Crippen LogP contribution in [-0.4, -0.2) is 24.3 Å². The lowest BCUT2D eigenvalue weighted by molar-refractivity contribution is 0.0679. The lowest BCUT2D eigenvalue weighted by atomic mass is 9.98. The Bertz CT molecular complexity index is 860. The maximum atomic E-state index is 12.1. The maximum absolute atomic E-state index is 12.1. The molecule has 2 aliphatic rings. The van der Waals surface area contributed by atoms with E-state index in [1.165, 1.54) is 5.69 Å². The molecule has 2 aromatic rings. The van der Waals surface area contributed by atoms with Crippen LogP contribution < -0.4 is 21.5 Å². The van der Waals surface area contributed by atoms with Gasteiger partial charge in [0.25, 0.3) is 5.56 Å². The Morgan fingerprint density at radius 2 is 2.04 bits per heavy atom. The van der Waals surface area contributed by atoms with Crippen LogP contribution >= 0.6 is 0 Å². The first-order valence-electron chi connectivity index (χ1n) is 9.68. The molecule has 1 aromatic carbocycles. The van der Waals surface area contributed by atoms with E-state index >= 15 is 0 Å². The van der Waals surface area contributed by atoms with Crippen molar-refractivity contribution in [2.75, 3.05) is 30.0 Å². The predicted octanol–water partition coefficient (Wildman–Crippen LogP) is 2.51. The Morgan fingerprint density at radius 1 is 1.26 bits per heavy atom. The Kier molecular flexibility index (Phi) is 4.93. The summed E-state index contributed by atoms with van der Waals surface area (Å²) in [5, 5.41) is 3.65. The van der Waals surface area contributed by atoms with Crippen molar-refractivity contribution >= 4 is 11.4 Å². The molecule has 0 radical (unpaired) electrons. The third-order valence-electron chi connectivity index (χ3n) is 5.71. The summed E-state index contributed by atoms with van der Waals surface area (Å²) in [4.78, 5) is 14.6. The number of pyridine rings is 1. The molecule has 4 rings (SSSR count). The number of hydrogen-bond donors (Lipinski definition) is 2. The number of ether oxygens (including phenoxy) is 1. The molecule has 0 bridgehead atoms. The second kappa shape index (κ2) is 7.37. The first kappa shape index (κ1) is 18.1. The zero-order valence-corrected chi connectivity index (χ0v) is 16.1. The van der Waals surface area contributed by atoms with Gasteiger partial charge in [0, 0.05) is 50.7 Å². The summed E-state index contributed by atoms with van der Waals surface area (Å²) < 4.78 is 7.21. The largest absolute Gasteiger partial charge is 0.381 e. The van der Waals surface area contributed by atoms with Gasteiger partial charge in [0.05, 0.1) is 11.4 Å². The average Bonchev–Trinajstić information content (AvgIpc) is 3.04. The first-order valence-corrected chi connectivity index (χ1v) is 9.68. The average molecular weight is 368 g/mol. The van der Waals surface area contributed by atoms with Crippen molar-refractivity contribution in [1.82, 2.24) is 4.57 Å². The van der Waals surface area contributed by atoms with Crippen LogP contribution in [0.3, 0.4) is 0 Å². The summed E-state index contributed by atoms with van der Waals surface area (Å²) in [7, 11) is 1.82. The third kappa shape index (κ3) is 3.47. The fraction of sp³-hybridized carbons (Fsp3) is 0.476. The second-order valence-electron chi connectivity index (χ2n) is 7.68. The third-order valence-corrected chi connectivity index (χ3v) is 5.71. The van der Waals surface area contributed by atoms with Crippen LogP contribution in [0.25, 0.3) is 0 Å². The molecule has 1 aromatic heterocycles. The lowest BCUT2D eigenvalue weighted by Gasteiger charge is -2.33. The van der Waals surface area contributed by atoms with E-state index in [9.17, 15) is 4.79 Å². The summed E-state index contributed by atoms with van der Waals surface area (Å²) in [6.07, 6.45) is 4.13. The molecule has 1 saturated heterocycles. The van der Waals surface area contributed by atoms with Gasteiger partial charge in [0.15, 0.2) is 0 Å². The van der Waals surface area contributed by atoms with Crippen molar-refractivity contribution in [2.24, 2.45) is 18.7 Å². The van der Waals surface area contributed by atoms with Crippen LogP contribution in [0.15, 0.2) is 35.3 Å². The molecule has 144 valence electrons. The van der Waals surface area contributed by atoms with Crippen LogP contribution in [0.2, 0.25) is 0 Å². The van der Waals surface area contributed by atoms with Crippen LogP contribution in [-0.2, 0) is 18.3 Å². The molecular weight excluding hydrogens is 340 g/mol. The number of benzene rings is 1. The molecule has 3 N–H and O–H groups in total. The lowest BCUT2D eigenvalue weighted by Crippen LogP contribution is -2.35. The minimum Gasteiger partial charge on any atom is -0.381 e. The SMILES string of the molecule is Cc1cc(C2Nc3ccc(CN)cc3N2CC2CCOCC2)cn(C)c1=O. The van der Waals surface area contributed by atoms with E-state index in [2.05, 4.69) is 28.4 Å². The number of rotatable bonds is 4. The second-order valence-corrected chi connectivity index (χ2v) is 7.68. The molecule has 1 unspecified atom stereocenters. The Labute approximate surface area is 159 Å². The van der Waals surface area contributed by atoms with Gasteiger partial charge in [-0.2, -0.15) is 0 Å². The highest BCUT2D eigenvalue weighted by Crippen LogP contribution is 2.42. The molecule has 1 fully saturated rings. The molecule has 27 heavy (non-hydrogen) atoms. The molecule has 1 atom stereocenters. The van der Waals surface area contributed by atoms with Crippen molar-refractivity contribution in [3.8, 4) is 0 Å². The van der Waals surface area contributed by atoms with E-state index < -0.39 is 0 Å². The van der Waals surface area contributed by atoms with Crippen LogP contribution in [0.1, 0.15) is 35.7 Å². The quantitative estimate of drug-likeness (QED) is 0.868. The Balaban J connectivity index is 1.72. The van der Waals surface area contributed by atoms with Crippen molar-refractivity contribution in [2.45, 2.75) is 32.5 Å². The van der Waals surface area contributed by atoms with Gasteiger partial charge in [-0.3, -0.25) is 4.79 Å². The fourth-order valence-corrected chi connectivity index (χ4v) is 4.16. The number of fused-ring (bicyclic) bond motifs is 1. The van der Waals surface area contributed by atoms with Gasteiger partial charge in [-0.1, -0.05) is 6.07 Å². The topological polar surface area (TPSA) is 72.5 Å². The van der Waals surface area contributed by atoms with Gasteiger partial charge < -0.3 is 25.3 Å². The summed E-state index contributed by atoms with van der Waals surface area (Å²) in [5.41, 5.74) is 11.2.